The van der Waals surface area contributed by atoms with Gasteiger partial charge in [0.2, 0.25) is 23.6 Å². The quantitative estimate of drug-likeness (QED) is 0.410. The number of amides is 4. The zero-order valence-electron chi connectivity index (χ0n) is 22.1. The van der Waals surface area contributed by atoms with Crippen LogP contribution >= 0.6 is 0 Å². The van der Waals surface area contributed by atoms with E-state index in [0.29, 0.717) is 19.5 Å². The third-order valence-corrected chi connectivity index (χ3v) is 8.63. The van der Waals surface area contributed by atoms with Gasteiger partial charge in [-0.05, 0) is 54.9 Å². The van der Waals surface area contributed by atoms with Crippen molar-refractivity contribution in [2.24, 2.45) is 34.5 Å². The molecule has 3 N–H and O–H groups in total. The van der Waals surface area contributed by atoms with Crippen LogP contribution in [-0.2, 0) is 24.0 Å². The van der Waals surface area contributed by atoms with E-state index < -0.39 is 23.5 Å². The fraction of sp³-hybridized carbons (Fsp3) is 0.741. The lowest BCUT2D eigenvalue weighted by Crippen LogP contribution is -2.58. The maximum atomic E-state index is 13.8. The molecule has 6 atom stereocenters. The van der Waals surface area contributed by atoms with E-state index in [4.69, 9.17) is 0 Å². The van der Waals surface area contributed by atoms with Crippen molar-refractivity contribution < 1.29 is 24.0 Å². The molecule has 0 aromatic carbocycles. The number of nitrogens with zero attached hydrogens (tertiary/aromatic N) is 1. The number of likely N-dealkylation sites (tertiary alicyclic amines) is 1. The predicted molar refractivity (Wildman–Crippen MR) is 133 cm³/mol. The smallest absolute Gasteiger partial charge is 0.246 e. The Labute approximate surface area is 213 Å². The van der Waals surface area contributed by atoms with E-state index >= 15 is 0 Å². The summed E-state index contributed by atoms with van der Waals surface area (Å²) in [5.41, 5.74) is -0.726. The van der Waals surface area contributed by atoms with Crippen LogP contribution in [0, 0.1) is 34.5 Å². The number of ketones is 1. The van der Waals surface area contributed by atoms with Crippen molar-refractivity contribution in [3.63, 3.8) is 0 Å². The van der Waals surface area contributed by atoms with Crippen LogP contribution in [0.5, 0.6) is 0 Å². The summed E-state index contributed by atoms with van der Waals surface area (Å²) in [6.45, 7) is 14.2. The average molecular weight is 501 g/mol. The molecule has 4 amide bonds. The van der Waals surface area contributed by atoms with Gasteiger partial charge in [0.05, 0.1) is 6.04 Å². The molecule has 2 saturated carbocycles. The van der Waals surface area contributed by atoms with E-state index in [2.05, 4.69) is 36.4 Å². The van der Waals surface area contributed by atoms with Gasteiger partial charge in [0.15, 0.2) is 5.78 Å². The molecule has 0 aromatic rings. The zero-order valence-corrected chi connectivity index (χ0v) is 22.1. The average Bonchev–Trinajstić information content (AvgIpc) is 3.60. The molecule has 1 unspecified atom stereocenters. The van der Waals surface area contributed by atoms with Gasteiger partial charge in [0, 0.05) is 24.4 Å². The largest absolute Gasteiger partial charge is 0.356 e. The lowest BCUT2D eigenvalue weighted by molar-refractivity contribution is -0.145. The summed E-state index contributed by atoms with van der Waals surface area (Å²) in [5, 5.41) is 8.58. The highest BCUT2D eigenvalue weighted by atomic mass is 16.2. The van der Waals surface area contributed by atoms with Gasteiger partial charge in [0.1, 0.15) is 12.1 Å². The van der Waals surface area contributed by atoms with E-state index in [9.17, 15) is 24.0 Å². The van der Waals surface area contributed by atoms with E-state index in [-0.39, 0.29) is 64.9 Å². The number of hydrogen-bond donors (Lipinski definition) is 3. The summed E-state index contributed by atoms with van der Waals surface area (Å²) in [7, 11) is 0. The van der Waals surface area contributed by atoms with Gasteiger partial charge in [-0.2, -0.15) is 0 Å². The number of carbonyl (C=O) groups is 5. The molecular weight excluding hydrogens is 460 g/mol. The van der Waals surface area contributed by atoms with Crippen LogP contribution in [0.3, 0.4) is 0 Å². The molecular formula is C27H40N4O5. The first kappa shape index (κ1) is 26.4. The Morgan fingerprint density at radius 1 is 1.17 bits per heavy atom. The van der Waals surface area contributed by atoms with Crippen LogP contribution < -0.4 is 16.0 Å². The number of fused-ring (bicyclic) bond motifs is 1. The number of carbonyl (C=O) groups excluding carboxylic acids is 5. The summed E-state index contributed by atoms with van der Waals surface area (Å²) >= 11 is 0. The Hall–Kier alpha value is -2.71. The molecule has 198 valence electrons. The molecule has 0 radical (unpaired) electrons. The SMILES string of the molecule is C=CC(=O)[C@H](C[C@@H]1CCNC1=O)NC(=O)[C@@H]1[C@@H]2[C@H](CN1C(=O)C(NC(=O)C(C)(C)C)C1CC1)C2(C)C. The van der Waals surface area contributed by atoms with Crippen LogP contribution in [0.15, 0.2) is 12.7 Å². The Morgan fingerprint density at radius 2 is 1.83 bits per heavy atom. The molecule has 4 rings (SSSR count). The van der Waals surface area contributed by atoms with E-state index in [1.54, 1.807) is 4.90 Å². The van der Waals surface area contributed by atoms with E-state index in [1.165, 1.54) is 6.08 Å². The van der Waals surface area contributed by atoms with Gasteiger partial charge < -0.3 is 20.9 Å². The van der Waals surface area contributed by atoms with Crippen LogP contribution in [0.1, 0.15) is 60.3 Å². The van der Waals surface area contributed by atoms with Gasteiger partial charge in [-0.25, -0.2) is 0 Å². The van der Waals surface area contributed by atoms with Gasteiger partial charge in [0.25, 0.3) is 0 Å². The summed E-state index contributed by atoms with van der Waals surface area (Å²) < 4.78 is 0. The first-order valence-electron chi connectivity index (χ1n) is 13.1. The highest BCUT2D eigenvalue weighted by Crippen LogP contribution is 2.65. The molecule has 36 heavy (non-hydrogen) atoms. The van der Waals surface area contributed by atoms with Gasteiger partial charge >= 0.3 is 0 Å². The first-order valence-corrected chi connectivity index (χ1v) is 13.1. The van der Waals surface area contributed by atoms with Crippen LogP contribution in [0.4, 0.5) is 0 Å². The molecule has 9 heteroatoms. The highest BCUT2D eigenvalue weighted by molar-refractivity contribution is 5.99. The zero-order chi connectivity index (χ0) is 26.6. The van der Waals surface area contributed by atoms with Gasteiger partial charge in [-0.15, -0.1) is 0 Å². The third-order valence-electron chi connectivity index (χ3n) is 8.63. The van der Waals surface area contributed by atoms with Crippen molar-refractivity contribution >= 4 is 29.4 Å². The predicted octanol–water partition coefficient (Wildman–Crippen LogP) is 1.18. The standard InChI is InChI=1S/C27H40N4O5/c1-7-18(32)17(12-15-10-11-28-22(15)33)29-23(34)21-19-16(27(19,5)6)13-31(21)24(35)20(14-8-9-14)30-25(36)26(2,3)4/h7,14-17,19-21H,1,8-13H2,2-6H3,(H,28,33)(H,29,34)(H,30,36)/t15-,16-,17-,19-,20?,21-/m0/s1. The fourth-order valence-electron chi connectivity index (χ4n) is 5.96. The van der Waals surface area contributed by atoms with Crippen LogP contribution in [0.25, 0.3) is 0 Å². The van der Waals surface area contributed by atoms with E-state index in [1.807, 2.05) is 20.8 Å². The summed E-state index contributed by atoms with van der Waals surface area (Å²) in [6.07, 6.45) is 3.71. The Bertz CT molecular complexity index is 979. The lowest BCUT2D eigenvalue weighted by Gasteiger charge is -2.34. The number of hydrogen-bond acceptors (Lipinski definition) is 5. The minimum atomic E-state index is -0.874. The van der Waals surface area contributed by atoms with Crippen molar-refractivity contribution in [1.82, 2.24) is 20.9 Å². The second kappa shape index (κ2) is 9.30. The Kier molecular flexibility index (Phi) is 6.81. The molecule has 2 aliphatic heterocycles. The molecule has 0 aromatic heterocycles. The van der Waals surface area contributed by atoms with E-state index in [0.717, 1.165) is 12.8 Å². The van der Waals surface area contributed by atoms with Crippen LogP contribution in [-0.4, -0.2) is 65.5 Å². The molecule has 4 fully saturated rings. The monoisotopic (exact) mass is 500 g/mol. The van der Waals surface area contributed by atoms with Gasteiger partial charge in [-0.1, -0.05) is 41.2 Å². The maximum absolute atomic E-state index is 13.8. The van der Waals surface area contributed by atoms with Crippen molar-refractivity contribution in [3.8, 4) is 0 Å². The number of nitrogens with one attached hydrogen (secondary N) is 3. The van der Waals surface area contributed by atoms with Crippen LogP contribution in [0.2, 0.25) is 0 Å². The first-order chi connectivity index (χ1) is 16.8. The fourth-order valence-corrected chi connectivity index (χ4v) is 5.96. The normalized spacial score (nSPS) is 30.0. The second-order valence-electron chi connectivity index (χ2n) is 12.6. The molecule has 4 aliphatic rings. The minimum Gasteiger partial charge on any atom is -0.356 e. The third kappa shape index (κ3) is 4.93. The highest BCUT2D eigenvalue weighted by Gasteiger charge is 2.70. The van der Waals surface area contributed by atoms with Crippen molar-refractivity contribution in [2.45, 2.75) is 78.4 Å². The summed E-state index contributed by atoms with van der Waals surface area (Å²) in [6, 6.07) is -2.25. The van der Waals surface area contributed by atoms with Gasteiger partial charge in [-0.3, -0.25) is 24.0 Å². The number of piperidine rings is 1. The molecule has 0 bridgehead atoms. The molecule has 2 saturated heterocycles. The Morgan fingerprint density at radius 3 is 2.36 bits per heavy atom. The molecule has 2 heterocycles. The van der Waals surface area contributed by atoms with Crippen molar-refractivity contribution in [1.29, 1.82) is 0 Å². The summed E-state index contributed by atoms with van der Waals surface area (Å²) in [5.74, 6) is -1.36. The molecule has 0 spiro atoms. The topological polar surface area (TPSA) is 125 Å². The molecule has 9 nitrogen and oxygen atoms in total. The Balaban J connectivity index is 1.53. The van der Waals surface area contributed by atoms with Crippen molar-refractivity contribution in [2.75, 3.05) is 13.1 Å². The second-order valence-corrected chi connectivity index (χ2v) is 12.6. The van der Waals surface area contributed by atoms with Crippen molar-refractivity contribution in [3.05, 3.63) is 12.7 Å². The summed E-state index contributed by atoms with van der Waals surface area (Å²) in [4.78, 5) is 66.5. The lowest BCUT2D eigenvalue weighted by atomic mass is 9.93. The minimum absolute atomic E-state index is 0.0196. The molecule has 2 aliphatic carbocycles. The number of rotatable bonds is 9. The maximum Gasteiger partial charge on any atom is 0.246 e.